The van der Waals surface area contributed by atoms with Crippen LogP contribution in [0.5, 0.6) is 0 Å². The third-order valence-electron chi connectivity index (χ3n) is 4.36. The molecule has 0 fully saturated rings. The molecule has 10 heteroatoms. The molecule has 0 bridgehead atoms. The number of hydrogen-bond acceptors (Lipinski definition) is 7. The summed E-state index contributed by atoms with van der Waals surface area (Å²) in [5, 5.41) is 24.0. The van der Waals surface area contributed by atoms with Crippen LogP contribution in [-0.2, 0) is 14.4 Å². The van der Waals surface area contributed by atoms with Crippen molar-refractivity contribution in [2.75, 3.05) is 5.32 Å². The van der Waals surface area contributed by atoms with Crippen molar-refractivity contribution in [2.45, 2.75) is 18.4 Å². The van der Waals surface area contributed by atoms with Gasteiger partial charge in [-0.1, -0.05) is 41.0 Å². The number of carbonyl (C=O) groups excluding carboxylic acids is 1. The van der Waals surface area contributed by atoms with Gasteiger partial charge in [-0.05, 0) is 28.5 Å². The van der Waals surface area contributed by atoms with Gasteiger partial charge in [0.2, 0.25) is 11.5 Å². The maximum absolute atomic E-state index is 12.5. The Hall–Kier alpha value is -3.46. The first-order valence-electron chi connectivity index (χ1n) is 8.23. The number of rotatable bonds is 5. The summed E-state index contributed by atoms with van der Waals surface area (Å²) in [5.41, 5.74) is 0.284. The van der Waals surface area contributed by atoms with E-state index in [4.69, 9.17) is 16.4 Å². The highest BCUT2D eigenvalue weighted by atomic mass is 35.5. The Balaban J connectivity index is 1.53. The molecule has 0 spiro atoms. The number of anilines is 1. The minimum absolute atomic E-state index is 0.102. The number of nitrogens with zero attached hydrogens (tertiary/aromatic N) is 3. The Labute approximate surface area is 162 Å². The maximum atomic E-state index is 12.5. The second kappa shape index (κ2) is 6.93. The first-order valence-corrected chi connectivity index (χ1v) is 8.61. The van der Waals surface area contributed by atoms with E-state index in [0.29, 0.717) is 33.0 Å². The van der Waals surface area contributed by atoms with Crippen molar-refractivity contribution in [1.82, 2.24) is 10.3 Å². The number of halogens is 1. The van der Waals surface area contributed by atoms with E-state index >= 15 is 0 Å². The molecule has 3 aromatic rings. The van der Waals surface area contributed by atoms with Crippen molar-refractivity contribution in [1.29, 1.82) is 0 Å². The number of hydrogen-bond donors (Lipinski definition) is 2. The topological polar surface area (TPSA) is 127 Å². The summed E-state index contributed by atoms with van der Waals surface area (Å²) in [6.45, 7) is 0. The van der Waals surface area contributed by atoms with Crippen LogP contribution in [-0.4, -0.2) is 38.6 Å². The number of benzene rings is 2. The zero-order valence-corrected chi connectivity index (χ0v) is 15.0. The fourth-order valence-electron chi connectivity index (χ4n) is 2.96. The molecule has 2 aromatic carbocycles. The molecule has 1 amide bonds. The monoisotopic (exact) mass is 400 g/mol. The van der Waals surface area contributed by atoms with Crippen LogP contribution in [0.15, 0.2) is 52.2 Å². The molecule has 1 atom stereocenters. The average Bonchev–Trinajstić information content (AvgIpc) is 3.30. The van der Waals surface area contributed by atoms with Crippen LogP contribution in [0, 0.1) is 0 Å². The molecule has 4 rings (SSSR count). The molecule has 0 aliphatic carbocycles. The summed E-state index contributed by atoms with van der Waals surface area (Å²) in [4.78, 5) is 29.7. The molecule has 2 N–H and O–H groups in total. The summed E-state index contributed by atoms with van der Waals surface area (Å²) in [5.74, 6) is -1.87. The van der Waals surface area contributed by atoms with E-state index in [1.165, 1.54) is 0 Å². The Morgan fingerprint density at radius 3 is 2.79 bits per heavy atom. The highest BCUT2D eigenvalue weighted by molar-refractivity contribution is 6.34. The average molecular weight is 401 g/mol. The zero-order chi connectivity index (χ0) is 19.7. The smallest absolute Gasteiger partial charge is 0.351 e. The van der Waals surface area contributed by atoms with Crippen molar-refractivity contribution in [3.63, 3.8) is 0 Å². The van der Waals surface area contributed by atoms with Crippen LogP contribution in [0.1, 0.15) is 18.4 Å². The van der Waals surface area contributed by atoms with Gasteiger partial charge >= 0.3 is 5.97 Å². The van der Waals surface area contributed by atoms with E-state index in [1.807, 2.05) is 0 Å². The van der Waals surface area contributed by atoms with Crippen LogP contribution in [0.2, 0.25) is 5.02 Å². The van der Waals surface area contributed by atoms with Crippen molar-refractivity contribution >= 4 is 45.9 Å². The minimum atomic E-state index is -1.82. The number of aliphatic carboxylic acids is 1. The standard InChI is InChI=1S/C18H13ClN4O5/c19-11-5-2-1-4-10(11)14-8-18(17(25)26,27-21-14)9-15(24)20-12-6-3-7-13-16(12)23-28-22-13/h1-7H,8-9H2,(H,20,24)(H,25,26)/t18-/m1/s1. The summed E-state index contributed by atoms with van der Waals surface area (Å²) in [6, 6.07) is 11.8. The summed E-state index contributed by atoms with van der Waals surface area (Å²) < 4.78 is 4.65. The summed E-state index contributed by atoms with van der Waals surface area (Å²) in [7, 11) is 0. The number of nitrogens with one attached hydrogen (secondary N) is 1. The van der Waals surface area contributed by atoms with Gasteiger partial charge in [0.15, 0.2) is 5.52 Å². The number of aromatic nitrogens is 2. The summed E-state index contributed by atoms with van der Waals surface area (Å²) >= 11 is 6.15. The predicted molar refractivity (Wildman–Crippen MR) is 99.1 cm³/mol. The van der Waals surface area contributed by atoms with E-state index in [2.05, 4.69) is 25.4 Å². The van der Waals surface area contributed by atoms with Gasteiger partial charge in [0.05, 0.1) is 17.8 Å². The molecule has 1 aliphatic rings. The van der Waals surface area contributed by atoms with Crippen LogP contribution in [0.25, 0.3) is 11.0 Å². The fraction of sp³-hybridized carbons (Fsp3) is 0.167. The van der Waals surface area contributed by atoms with E-state index in [0.717, 1.165) is 0 Å². The van der Waals surface area contributed by atoms with E-state index in [9.17, 15) is 14.7 Å². The lowest BCUT2D eigenvalue weighted by Gasteiger charge is -2.21. The highest BCUT2D eigenvalue weighted by Crippen LogP contribution is 2.33. The molecule has 9 nitrogen and oxygen atoms in total. The van der Waals surface area contributed by atoms with E-state index in [-0.39, 0.29) is 6.42 Å². The number of fused-ring (bicyclic) bond motifs is 1. The van der Waals surface area contributed by atoms with Crippen LogP contribution >= 0.6 is 11.6 Å². The molecule has 0 saturated heterocycles. The third kappa shape index (κ3) is 3.16. The molecule has 2 heterocycles. The Morgan fingerprint density at radius 2 is 2.00 bits per heavy atom. The van der Waals surface area contributed by atoms with Crippen LogP contribution < -0.4 is 5.32 Å². The second-order valence-electron chi connectivity index (χ2n) is 6.25. The van der Waals surface area contributed by atoms with Gasteiger partial charge in [-0.2, -0.15) is 0 Å². The normalized spacial score (nSPS) is 18.5. The molecule has 0 radical (unpaired) electrons. The molecule has 142 valence electrons. The van der Waals surface area contributed by atoms with Gasteiger partial charge in [0, 0.05) is 17.0 Å². The highest BCUT2D eigenvalue weighted by Gasteiger charge is 2.49. The van der Waals surface area contributed by atoms with Crippen molar-refractivity contribution < 1.29 is 24.2 Å². The molecular formula is C18H13ClN4O5. The zero-order valence-electron chi connectivity index (χ0n) is 14.3. The van der Waals surface area contributed by atoms with E-state index < -0.39 is 23.9 Å². The van der Waals surface area contributed by atoms with Gasteiger partial charge in [-0.15, -0.1) is 0 Å². The van der Waals surface area contributed by atoms with Crippen molar-refractivity contribution in [3.8, 4) is 0 Å². The molecule has 0 saturated carbocycles. The SMILES string of the molecule is O=C(C[C@@]1(C(=O)O)CC(c2ccccc2Cl)=NO1)Nc1cccc2nonc12. The quantitative estimate of drug-likeness (QED) is 0.674. The van der Waals surface area contributed by atoms with Crippen LogP contribution in [0.4, 0.5) is 5.69 Å². The predicted octanol–water partition coefficient (Wildman–Crippen LogP) is 2.85. The summed E-state index contributed by atoms with van der Waals surface area (Å²) in [6.07, 6.45) is -0.559. The molecule has 1 aliphatic heterocycles. The molecule has 0 unspecified atom stereocenters. The Kier molecular flexibility index (Phi) is 4.44. The number of oxime groups is 1. The molecular weight excluding hydrogens is 388 g/mol. The first-order chi connectivity index (χ1) is 13.5. The first kappa shape index (κ1) is 17.9. The lowest BCUT2D eigenvalue weighted by molar-refractivity contribution is -0.165. The second-order valence-corrected chi connectivity index (χ2v) is 6.66. The van der Waals surface area contributed by atoms with E-state index in [1.54, 1.807) is 42.5 Å². The Bertz CT molecular complexity index is 1110. The van der Waals surface area contributed by atoms with Gasteiger partial charge < -0.3 is 15.3 Å². The van der Waals surface area contributed by atoms with Gasteiger partial charge in [0.25, 0.3) is 0 Å². The Morgan fingerprint density at radius 1 is 1.18 bits per heavy atom. The third-order valence-corrected chi connectivity index (χ3v) is 4.69. The number of carboxylic acid groups (broad SMARTS) is 1. The van der Waals surface area contributed by atoms with Gasteiger partial charge in [-0.3, -0.25) is 4.79 Å². The number of carbonyl (C=O) groups is 2. The maximum Gasteiger partial charge on any atom is 0.351 e. The fourth-order valence-corrected chi connectivity index (χ4v) is 3.21. The van der Waals surface area contributed by atoms with Crippen molar-refractivity contribution in [3.05, 3.63) is 53.1 Å². The minimum Gasteiger partial charge on any atom is -0.478 e. The van der Waals surface area contributed by atoms with Gasteiger partial charge in [-0.25, -0.2) is 9.42 Å². The number of carboxylic acids is 1. The largest absolute Gasteiger partial charge is 0.478 e. The molecule has 28 heavy (non-hydrogen) atoms. The lowest BCUT2D eigenvalue weighted by atomic mass is 9.90. The van der Waals surface area contributed by atoms with Crippen LogP contribution in [0.3, 0.4) is 0 Å². The number of amides is 1. The van der Waals surface area contributed by atoms with Gasteiger partial charge in [0.1, 0.15) is 5.52 Å². The molecule has 1 aromatic heterocycles. The van der Waals surface area contributed by atoms with Crippen molar-refractivity contribution in [2.24, 2.45) is 5.16 Å². The lowest BCUT2D eigenvalue weighted by Crippen LogP contribution is -2.42.